The van der Waals surface area contributed by atoms with E-state index in [0.29, 0.717) is 0 Å². The van der Waals surface area contributed by atoms with Crippen molar-refractivity contribution >= 4 is 5.95 Å². The van der Waals surface area contributed by atoms with Crippen LogP contribution in [0.1, 0.15) is 5.82 Å². The van der Waals surface area contributed by atoms with Gasteiger partial charge in [-0.25, -0.2) is 9.97 Å². The maximum Gasteiger partial charge on any atom is 0.228 e. The first kappa shape index (κ1) is 8.37. The Labute approximate surface area is 77.2 Å². The number of piperazine rings is 1. The molecule has 0 unspecified atom stereocenters. The molecule has 0 amide bonds. The van der Waals surface area contributed by atoms with E-state index in [9.17, 15) is 0 Å². The summed E-state index contributed by atoms with van der Waals surface area (Å²) in [5, 5.41) is 3.29. The Balaban J connectivity index is 2.14. The predicted molar refractivity (Wildman–Crippen MR) is 49.6 cm³/mol. The molecule has 1 aliphatic heterocycles. The van der Waals surface area contributed by atoms with Crippen LogP contribution >= 0.6 is 0 Å². The van der Waals surface area contributed by atoms with Gasteiger partial charge in [0.1, 0.15) is 12.2 Å². The Bertz CT molecular complexity index is 282. The summed E-state index contributed by atoms with van der Waals surface area (Å²) in [7, 11) is 0. The highest BCUT2D eigenvalue weighted by Crippen LogP contribution is 2.05. The van der Waals surface area contributed by atoms with E-state index in [1.807, 2.05) is 6.92 Å². The first-order chi connectivity index (χ1) is 6.36. The first-order valence-corrected chi connectivity index (χ1v) is 4.47. The molecule has 13 heavy (non-hydrogen) atoms. The van der Waals surface area contributed by atoms with Crippen molar-refractivity contribution < 1.29 is 0 Å². The van der Waals surface area contributed by atoms with Crippen molar-refractivity contribution in [1.29, 1.82) is 0 Å². The lowest BCUT2D eigenvalue weighted by Gasteiger charge is -2.27. The van der Waals surface area contributed by atoms with E-state index in [-0.39, 0.29) is 0 Å². The van der Waals surface area contributed by atoms with Gasteiger partial charge in [0.25, 0.3) is 0 Å². The third-order valence-electron chi connectivity index (χ3n) is 2.08. The van der Waals surface area contributed by atoms with Gasteiger partial charge in [-0.3, -0.25) is 0 Å². The number of nitrogens with one attached hydrogen (secondary N) is 1. The fourth-order valence-corrected chi connectivity index (χ4v) is 1.38. The fourth-order valence-electron chi connectivity index (χ4n) is 1.38. The first-order valence-electron chi connectivity index (χ1n) is 4.47. The molecule has 0 aromatic carbocycles. The number of nitrogens with zero attached hydrogens (tertiary/aromatic N) is 4. The molecule has 2 heterocycles. The van der Waals surface area contributed by atoms with Crippen molar-refractivity contribution in [2.45, 2.75) is 6.92 Å². The molecule has 0 aliphatic carbocycles. The van der Waals surface area contributed by atoms with E-state index in [1.165, 1.54) is 0 Å². The van der Waals surface area contributed by atoms with E-state index >= 15 is 0 Å². The molecule has 0 saturated carbocycles. The van der Waals surface area contributed by atoms with Gasteiger partial charge in [-0.05, 0) is 6.92 Å². The van der Waals surface area contributed by atoms with Gasteiger partial charge < -0.3 is 10.2 Å². The maximum absolute atomic E-state index is 4.27. The minimum Gasteiger partial charge on any atom is -0.338 e. The third-order valence-corrected chi connectivity index (χ3v) is 2.08. The predicted octanol–water partition coefficient (Wildman–Crippen LogP) is -0.410. The second kappa shape index (κ2) is 3.66. The van der Waals surface area contributed by atoms with Crippen molar-refractivity contribution in [3.63, 3.8) is 0 Å². The van der Waals surface area contributed by atoms with Crippen LogP contribution in [0, 0.1) is 6.92 Å². The lowest BCUT2D eigenvalue weighted by molar-refractivity contribution is 0.578. The highest BCUT2D eigenvalue weighted by atomic mass is 15.3. The van der Waals surface area contributed by atoms with Crippen LogP contribution in [0.2, 0.25) is 0 Å². The molecule has 70 valence electrons. The Hall–Kier alpha value is -1.23. The molecular formula is C8H13N5. The summed E-state index contributed by atoms with van der Waals surface area (Å²) < 4.78 is 0. The Morgan fingerprint density at radius 3 is 2.77 bits per heavy atom. The van der Waals surface area contributed by atoms with Gasteiger partial charge in [-0.15, -0.1) is 0 Å². The Kier molecular flexibility index (Phi) is 2.35. The van der Waals surface area contributed by atoms with Crippen molar-refractivity contribution in [2.24, 2.45) is 0 Å². The number of aromatic nitrogens is 3. The average Bonchev–Trinajstić information content (AvgIpc) is 2.19. The van der Waals surface area contributed by atoms with Crippen molar-refractivity contribution in [2.75, 3.05) is 31.1 Å². The van der Waals surface area contributed by atoms with Gasteiger partial charge in [0.2, 0.25) is 5.95 Å². The lowest BCUT2D eigenvalue weighted by Crippen LogP contribution is -2.44. The van der Waals surface area contributed by atoms with Crippen LogP contribution in [0.4, 0.5) is 5.95 Å². The maximum atomic E-state index is 4.27. The molecule has 1 aromatic rings. The third kappa shape index (κ3) is 1.92. The molecule has 1 fully saturated rings. The van der Waals surface area contributed by atoms with Crippen LogP contribution in [-0.2, 0) is 0 Å². The van der Waals surface area contributed by atoms with Gasteiger partial charge in [0, 0.05) is 26.2 Å². The number of hydrogen-bond donors (Lipinski definition) is 1. The minimum atomic E-state index is 0.781. The van der Waals surface area contributed by atoms with Crippen LogP contribution in [0.5, 0.6) is 0 Å². The molecule has 1 aliphatic rings. The Morgan fingerprint density at radius 1 is 1.31 bits per heavy atom. The highest BCUT2D eigenvalue weighted by molar-refractivity contribution is 5.29. The number of aryl methyl sites for hydroxylation is 1. The van der Waals surface area contributed by atoms with Gasteiger partial charge in [-0.2, -0.15) is 4.98 Å². The van der Waals surface area contributed by atoms with Gasteiger partial charge in [0.05, 0.1) is 0 Å². The molecule has 5 heteroatoms. The highest BCUT2D eigenvalue weighted by Gasteiger charge is 2.12. The van der Waals surface area contributed by atoms with Gasteiger partial charge >= 0.3 is 0 Å². The molecule has 0 atom stereocenters. The number of hydrogen-bond acceptors (Lipinski definition) is 5. The van der Waals surface area contributed by atoms with Crippen molar-refractivity contribution in [1.82, 2.24) is 20.3 Å². The summed E-state index contributed by atoms with van der Waals surface area (Å²) in [5.41, 5.74) is 0. The number of anilines is 1. The summed E-state index contributed by atoms with van der Waals surface area (Å²) in [4.78, 5) is 14.6. The van der Waals surface area contributed by atoms with Crippen LogP contribution in [0.3, 0.4) is 0 Å². The Morgan fingerprint density at radius 2 is 2.08 bits per heavy atom. The molecule has 5 nitrogen and oxygen atoms in total. The molecule has 0 radical (unpaired) electrons. The average molecular weight is 179 g/mol. The minimum absolute atomic E-state index is 0.781. The van der Waals surface area contributed by atoms with Crippen molar-refractivity contribution in [3.05, 3.63) is 12.2 Å². The zero-order valence-corrected chi connectivity index (χ0v) is 7.69. The summed E-state index contributed by atoms with van der Waals surface area (Å²) in [6.45, 7) is 5.84. The molecular weight excluding hydrogens is 166 g/mol. The van der Waals surface area contributed by atoms with Gasteiger partial charge in [-0.1, -0.05) is 0 Å². The molecule has 0 bridgehead atoms. The summed E-state index contributed by atoms with van der Waals surface area (Å²) in [6, 6.07) is 0. The summed E-state index contributed by atoms with van der Waals surface area (Å²) >= 11 is 0. The monoisotopic (exact) mass is 179 g/mol. The topological polar surface area (TPSA) is 53.9 Å². The largest absolute Gasteiger partial charge is 0.338 e. The van der Waals surface area contributed by atoms with E-state index in [2.05, 4.69) is 25.2 Å². The second-order valence-corrected chi connectivity index (χ2v) is 3.07. The zero-order chi connectivity index (χ0) is 9.10. The van der Waals surface area contributed by atoms with Crippen LogP contribution in [-0.4, -0.2) is 41.1 Å². The van der Waals surface area contributed by atoms with E-state index < -0.39 is 0 Å². The van der Waals surface area contributed by atoms with E-state index in [0.717, 1.165) is 38.0 Å². The molecule has 2 rings (SSSR count). The van der Waals surface area contributed by atoms with Crippen LogP contribution in [0.25, 0.3) is 0 Å². The molecule has 1 N–H and O–H groups in total. The zero-order valence-electron chi connectivity index (χ0n) is 7.69. The standard InChI is InChI=1S/C8H13N5/c1-7-10-6-11-8(12-7)13-4-2-9-3-5-13/h6,9H,2-5H2,1H3. The molecule has 0 spiro atoms. The SMILES string of the molecule is Cc1ncnc(N2CCNCC2)n1. The molecule has 1 saturated heterocycles. The molecule has 1 aromatic heterocycles. The normalized spacial score (nSPS) is 17.5. The van der Waals surface area contributed by atoms with Gasteiger partial charge in [0.15, 0.2) is 0 Å². The number of rotatable bonds is 1. The fraction of sp³-hybridized carbons (Fsp3) is 0.625. The summed E-state index contributed by atoms with van der Waals surface area (Å²) in [6.07, 6.45) is 1.57. The van der Waals surface area contributed by atoms with Crippen LogP contribution in [0.15, 0.2) is 6.33 Å². The summed E-state index contributed by atoms with van der Waals surface area (Å²) in [5.74, 6) is 1.58. The van der Waals surface area contributed by atoms with Crippen molar-refractivity contribution in [3.8, 4) is 0 Å². The van der Waals surface area contributed by atoms with E-state index in [1.54, 1.807) is 6.33 Å². The quantitative estimate of drug-likeness (QED) is 0.635. The van der Waals surface area contributed by atoms with E-state index in [4.69, 9.17) is 0 Å². The second-order valence-electron chi connectivity index (χ2n) is 3.07. The lowest BCUT2D eigenvalue weighted by atomic mass is 10.4. The smallest absolute Gasteiger partial charge is 0.228 e. The van der Waals surface area contributed by atoms with Crippen LogP contribution < -0.4 is 10.2 Å².